The molecule has 3 aromatic rings. The van der Waals surface area contributed by atoms with Crippen molar-refractivity contribution < 1.29 is 4.79 Å². The van der Waals surface area contributed by atoms with Crippen molar-refractivity contribution in [3.8, 4) is 0 Å². The monoisotopic (exact) mass is 357 g/mol. The molecule has 3 heterocycles. The summed E-state index contributed by atoms with van der Waals surface area (Å²) in [7, 11) is 0. The van der Waals surface area contributed by atoms with Gasteiger partial charge in [-0.2, -0.15) is 0 Å². The molecule has 1 amide bonds. The minimum atomic E-state index is 0.0762. The summed E-state index contributed by atoms with van der Waals surface area (Å²) in [6, 6.07) is 20.4. The van der Waals surface area contributed by atoms with Crippen LogP contribution in [0.1, 0.15) is 46.1 Å². The van der Waals surface area contributed by atoms with E-state index in [0.717, 1.165) is 43.7 Å². The second kappa shape index (κ2) is 8.12. The topological polar surface area (TPSA) is 46.1 Å². The number of carbonyl (C=O) groups excluding carboxylic acids is 1. The number of rotatable bonds is 4. The van der Waals surface area contributed by atoms with Crippen molar-refractivity contribution in [1.29, 1.82) is 0 Å². The molecule has 1 aromatic carbocycles. The number of aromatic nitrogens is 2. The highest BCUT2D eigenvalue weighted by atomic mass is 16.2. The molecule has 136 valence electrons. The van der Waals surface area contributed by atoms with Gasteiger partial charge < -0.3 is 4.90 Å². The molecule has 4 nitrogen and oxygen atoms in total. The van der Waals surface area contributed by atoms with Gasteiger partial charge in [-0.25, -0.2) is 0 Å². The summed E-state index contributed by atoms with van der Waals surface area (Å²) in [5, 5.41) is 0. The number of pyridine rings is 2. The van der Waals surface area contributed by atoms with E-state index in [0.29, 0.717) is 11.5 Å². The molecular weight excluding hydrogens is 334 g/mol. The Morgan fingerprint density at radius 2 is 1.78 bits per heavy atom. The smallest absolute Gasteiger partial charge is 0.255 e. The minimum absolute atomic E-state index is 0.0762. The van der Waals surface area contributed by atoms with Crippen LogP contribution in [0.15, 0.2) is 73.1 Å². The third kappa shape index (κ3) is 4.22. The van der Waals surface area contributed by atoms with Gasteiger partial charge >= 0.3 is 0 Å². The number of amides is 1. The number of benzene rings is 1. The summed E-state index contributed by atoms with van der Waals surface area (Å²) in [4.78, 5) is 23.5. The fourth-order valence-corrected chi connectivity index (χ4v) is 3.68. The van der Waals surface area contributed by atoms with Gasteiger partial charge in [0.1, 0.15) is 0 Å². The second-order valence-electron chi connectivity index (χ2n) is 7.02. The fraction of sp³-hybridized carbons (Fsp3) is 0.261. The Kier molecular flexibility index (Phi) is 5.24. The number of hydrogen-bond donors (Lipinski definition) is 0. The van der Waals surface area contributed by atoms with Crippen LogP contribution in [0.2, 0.25) is 0 Å². The van der Waals surface area contributed by atoms with Crippen molar-refractivity contribution in [3.05, 3.63) is 95.6 Å². The molecule has 0 atom stereocenters. The van der Waals surface area contributed by atoms with E-state index in [-0.39, 0.29) is 5.91 Å². The summed E-state index contributed by atoms with van der Waals surface area (Å²) in [5.74, 6) is 0.492. The SMILES string of the molecule is O=C(c1cccnc1)N1CCC(c2cccc(Cc3ccccc3)n2)CC1. The number of carbonyl (C=O) groups is 1. The highest BCUT2D eigenvalue weighted by Gasteiger charge is 2.25. The number of piperidine rings is 1. The van der Waals surface area contributed by atoms with Crippen LogP contribution in [-0.2, 0) is 6.42 Å². The molecule has 0 N–H and O–H groups in total. The van der Waals surface area contributed by atoms with Gasteiger partial charge in [0.05, 0.1) is 5.56 Å². The standard InChI is InChI=1S/C23H23N3O/c27-23(20-8-5-13-24-17-20)26-14-11-19(12-15-26)22-10-4-9-21(25-22)16-18-6-2-1-3-7-18/h1-10,13,17,19H,11-12,14-16H2. The summed E-state index contributed by atoms with van der Waals surface area (Å²) < 4.78 is 0. The zero-order chi connectivity index (χ0) is 18.5. The van der Waals surface area contributed by atoms with Crippen molar-refractivity contribution >= 4 is 5.91 Å². The van der Waals surface area contributed by atoms with Gasteiger partial charge in [0.15, 0.2) is 0 Å². The maximum Gasteiger partial charge on any atom is 0.255 e. The second-order valence-corrected chi connectivity index (χ2v) is 7.02. The molecule has 2 aromatic heterocycles. The molecule has 27 heavy (non-hydrogen) atoms. The molecular formula is C23H23N3O. The van der Waals surface area contributed by atoms with Crippen LogP contribution in [0.3, 0.4) is 0 Å². The molecule has 4 rings (SSSR count). The largest absolute Gasteiger partial charge is 0.339 e. The molecule has 0 bridgehead atoms. The Labute approximate surface area is 159 Å². The molecule has 1 saturated heterocycles. The molecule has 0 unspecified atom stereocenters. The number of nitrogens with zero attached hydrogens (tertiary/aromatic N) is 3. The lowest BCUT2D eigenvalue weighted by Gasteiger charge is -2.32. The van der Waals surface area contributed by atoms with Crippen LogP contribution in [0.4, 0.5) is 0 Å². The first-order valence-corrected chi connectivity index (χ1v) is 9.48. The van der Waals surface area contributed by atoms with E-state index in [2.05, 4.69) is 47.4 Å². The summed E-state index contributed by atoms with van der Waals surface area (Å²) >= 11 is 0. The summed E-state index contributed by atoms with van der Waals surface area (Å²) in [5.41, 5.74) is 4.20. The van der Waals surface area contributed by atoms with Gasteiger partial charge in [0.2, 0.25) is 0 Å². The van der Waals surface area contributed by atoms with Crippen LogP contribution in [0.25, 0.3) is 0 Å². The Hall–Kier alpha value is -3.01. The Morgan fingerprint density at radius 1 is 0.963 bits per heavy atom. The van der Waals surface area contributed by atoms with Crippen LogP contribution >= 0.6 is 0 Å². The van der Waals surface area contributed by atoms with Crippen molar-refractivity contribution in [2.24, 2.45) is 0 Å². The average molecular weight is 357 g/mol. The van der Waals surface area contributed by atoms with Gasteiger partial charge in [-0.05, 0) is 42.7 Å². The van der Waals surface area contributed by atoms with E-state index in [4.69, 9.17) is 4.98 Å². The molecule has 0 saturated carbocycles. The number of hydrogen-bond acceptors (Lipinski definition) is 3. The molecule has 0 aliphatic carbocycles. The minimum Gasteiger partial charge on any atom is -0.339 e. The van der Waals surface area contributed by atoms with E-state index in [1.54, 1.807) is 12.4 Å². The zero-order valence-electron chi connectivity index (χ0n) is 15.3. The third-order valence-electron chi connectivity index (χ3n) is 5.17. The highest BCUT2D eigenvalue weighted by molar-refractivity contribution is 5.93. The van der Waals surface area contributed by atoms with Crippen LogP contribution in [0.5, 0.6) is 0 Å². The number of likely N-dealkylation sites (tertiary alicyclic amines) is 1. The maximum atomic E-state index is 12.6. The first kappa shape index (κ1) is 17.4. The van der Waals surface area contributed by atoms with E-state index >= 15 is 0 Å². The first-order valence-electron chi connectivity index (χ1n) is 9.48. The zero-order valence-corrected chi connectivity index (χ0v) is 15.3. The predicted molar refractivity (Wildman–Crippen MR) is 106 cm³/mol. The van der Waals surface area contributed by atoms with Gasteiger partial charge in [-0.15, -0.1) is 0 Å². The molecule has 4 heteroatoms. The fourth-order valence-electron chi connectivity index (χ4n) is 3.68. The lowest BCUT2D eigenvalue weighted by molar-refractivity contribution is 0.0711. The van der Waals surface area contributed by atoms with Crippen molar-refractivity contribution in [3.63, 3.8) is 0 Å². The third-order valence-corrected chi connectivity index (χ3v) is 5.17. The Bertz CT molecular complexity index is 888. The van der Waals surface area contributed by atoms with Crippen LogP contribution in [-0.4, -0.2) is 33.9 Å². The first-order chi connectivity index (χ1) is 13.3. The lowest BCUT2D eigenvalue weighted by Crippen LogP contribution is -2.38. The van der Waals surface area contributed by atoms with Gasteiger partial charge in [-0.3, -0.25) is 14.8 Å². The summed E-state index contributed by atoms with van der Waals surface area (Å²) in [6.07, 6.45) is 6.09. The van der Waals surface area contributed by atoms with Gasteiger partial charge in [0.25, 0.3) is 5.91 Å². The quantitative estimate of drug-likeness (QED) is 0.707. The van der Waals surface area contributed by atoms with Crippen LogP contribution in [0, 0.1) is 0 Å². The van der Waals surface area contributed by atoms with Crippen molar-refractivity contribution in [2.75, 3.05) is 13.1 Å². The van der Waals surface area contributed by atoms with Crippen molar-refractivity contribution in [1.82, 2.24) is 14.9 Å². The van der Waals surface area contributed by atoms with E-state index in [9.17, 15) is 4.79 Å². The molecule has 0 spiro atoms. The van der Waals surface area contributed by atoms with E-state index in [1.807, 2.05) is 23.1 Å². The average Bonchev–Trinajstić information content (AvgIpc) is 2.75. The Balaban J connectivity index is 1.40. The van der Waals surface area contributed by atoms with E-state index in [1.165, 1.54) is 5.56 Å². The maximum absolute atomic E-state index is 12.6. The molecule has 1 aliphatic heterocycles. The predicted octanol–water partition coefficient (Wildman–Crippen LogP) is 4.09. The van der Waals surface area contributed by atoms with Crippen LogP contribution < -0.4 is 0 Å². The lowest BCUT2D eigenvalue weighted by atomic mass is 9.92. The summed E-state index contributed by atoms with van der Waals surface area (Å²) in [6.45, 7) is 1.53. The molecule has 1 fully saturated rings. The van der Waals surface area contributed by atoms with E-state index < -0.39 is 0 Å². The molecule has 1 aliphatic rings. The molecule has 0 radical (unpaired) electrons. The highest BCUT2D eigenvalue weighted by Crippen LogP contribution is 2.27. The van der Waals surface area contributed by atoms with Crippen molar-refractivity contribution in [2.45, 2.75) is 25.2 Å². The van der Waals surface area contributed by atoms with Gasteiger partial charge in [0, 0.05) is 49.2 Å². The normalized spacial score (nSPS) is 14.9. The Morgan fingerprint density at radius 3 is 2.52 bits per heavy atom. The van der Waals surface area contributed by atoms with Gasteiger partial charge in [-0.1, -0.05) is 36.4 Å².